The molecule has 0 unspecified atom stereocenters. The molecular formula is C24H32N4O2S. The predicted octanol–water partition coefficient (Wildman–Crippen LogP) is 3.63. The SMILES string of the molecule is COc1cccc(N2CCN(C(=O)c3ccc(SCCN4CCCCC4)nc3)CC2)c1. The van der Waals surface area contributed by atoms with Gasteiger partial charge in [-0.15, -0.1) is 11.8 Å². The average molecular weight is 441 g/mol. The Bertz CT molecular complexity index is 847. The molecular weight excluding hydrogens is 408 g/mol. The number of piperidine rings is 1. The fraction of sp³-hybridized carbons (Fsp3) is 0.500. The number of thioether (sulfide) groups is 1. The number of rotatable bonds is 7. The fourth-order valence-corrected chi connectivity index (χ4v) is 5.06. The number of nitrogens with zero attached hydrogens (tertiary/aromatic N) is 4. The van der Waals surface area contributed by atoms with Gasteiger partial charge in [-0.05, 0) is 50.2 Å². The molecule has 7 heteroatoms. The molecule has 0 spiro atoms. The molecule has 0 aliphatic carbocycles. The number of hydrogen-bond donors (Lipinski definition) is 0. The number of likely N-dealkylation sites (tertiary alicyclic amines) is 1. The van der Waals surface area contributed by atoms with E-state index in [1.54, 1.807) is 25.1 Å². The number of benzene rings is 1. The lowest BCUT2D eigenvalue weighted by Crippen LogP contribution is -2.48. The van der Waals surface area contributed by atoms with E-state index in [2.05, 4.69) is 20.9 Å². The van der Waals surface area contributed by atoms with Crippen molar-refractivity contribution < 1.29 is 9.53 Å². The third-order valence-electron chi connectivity index (χ3n) is 6.07. The molecule has 31 heavy (non-hydrogen) atoms. The van der Waals surface area contributed by atoms with E-state index in [0.717, 1.165) is 41.8 Å². The van der Waals surface area contributed by atoms with Crippen molar-refractivity contribution >= 4 is 23.4 Å². The average Bonchev–Trinajstić information content (AvgIpc) is 2.85. The summed E-state index contributed by atoms with van der Waals surface area (Å²) in [5, 5.41) is 0.997. The van der Waals surface area contributed by atoms with Crippen LogP contribution in [0.5, 0.6) is 5.75 Å². The van der Waals surface area contributed by atoms with E-state index in [-0.39, 0.29) is 5.91 Å². The van der Waals surface area contributed by atoms with Gasteiger partial charge in [0.05, 0.1) is 17.7 Å². The minimum Gasteiger partial charge on any atom is -0.497 e. The summed E-state index contributed by atoms with van der Waals surface area (Å²) in [5.41, 5.74) is 1.81. The van der Waals surface area contributed by atoms with Crippen molar-refractivity contribution in [2.75, 3.05) is 63.6 Å². The van der Waals surface area contributed by atoms with E-state index in [4.69, 9.17) is 4.74 Å². The van der Waals surface area contributed by atoms with Gasteiger partial charge in [0.1, 0.15) is 5.75 Å². The first kappa shape index (κ1) is 22.0. The number of pyridine rings is 1. The maximum Gasteiger partial charge on any atom is 0.255 e. The molecule has 2 aliphatic heterocycles. The highest BCUT2D eigenvalue weighted by Crippen LogP contribution is 2.23. The van der Waals surface area contributed by atoms with E-state index < -0.39 is 0 Å². The van der Waals surface area contributed by atoms with Crippen LogP contribution in [0.15, 0.2) is 47.6 Å². The van der Waals surface area contributed by atoms with E-state index in [9.17, 15) is 4.79 Å². The monoisotopic (exact) mass is 440 g/mol. The second-order valence-corrected chi connectivity index (χ2v) is 9.23. The highest BCUT2D eigenvalue weighted by atomic mass is 32.2. The van der Waals surface area contributed by atoms with Crippen molar-refractivity contribution in [3.8, 4) is 5.75 Å². The number of piperazine rings is 1. The number of carbonyl (C=O) groups is 1. The maximum atomic E-state index is 12.9. The number of hydrogen-bond acceptors (Lipinski definition) is 6. The Labute approximate surface area is 189 Å². The molecule has 166 valence electrons. The minimum atomic E-state index is 0.0719. The van der Waals surface area contributed by atoms with E-state index in [1.807, 2.05) is 35.2 Å². The molecule has 6 nitrogen and oxygen atoms in total. The van der Waals surface area contributed by atoms with Crippen LogP contribution in [0.25, 0.3) is 0 Å². The van der Waals surface area contributed by atoms with Crippen molar-refractivity contribution in [1.29, 1.82) is 0 Å². The van der Waals surface area contributed by atoms with Crippen LogP contribution in [0.4, 0.5) is 5.69 Å². The van der Waals surface area contributed by atoms with Gasteiger partial charge < -0.3 is 19.4 Å². The molecule has 1 amide bonds. The lowest BCUT2D eigenvalue weighted by molar-refractivity contribution is 0.0746. The number of methoxy groups -OCH3 is 1. The van der Waals surface area contributed by atoms with Crippen LogP contribution >= 0.6 is 11.8 Å². The zero-order valence-electron chi connectivity index (χ0n) is 18.3. The fourth-order valence-electron chi connectivity index (χ4n) is 4.21. The summed E-state index contributed by atoms with van der Waals surface area (Å²) in [6.45, 7) is 6.63. The van der Waals surface area contributed by atoms with Crippen LogP contribution in [0.2, 0.25) is 0 Å². The summed E-state index contributed by atoms with van der Waals surface area (Å²) in [6.07, 6.45) is 5.76. The van der Waals surface area contributed by atoms with Gasteiger partial charge in [-0.2, -0.15) is 0 Å². The highest BCUT2D eigenvalue weighted by Gasteiger charge is 2.23. The lowest BCUT2D eigenvalue weighted by atomic mass is 10.1. The number of anilines is 1. The van der Waals surface area contributed by atoms with Gasteiger partial charge in [-0.3, -0.25) is 4.79 Å². The molecule has 2 aromatic rings. The van der Waals surface area contributed by atoms with E-state index in [0.29, 0.717) is 18.7 Å². The van der Waals surface area contributed by atoms with Crippen molar-refractivity contribution in [3.05, 3.63) is 48.2 Å². The van der Waals surface area contributed by atoms with Gasteiger partial charge >= 0.3 is 0 Å². The van der Waals surface area contributed by atoms with Crippen LogP contribution in [0, 0.1) is 0 Å². The van der Waals surface area contributed by atoms with Gasteiger partial charge in [-0.1, -0.05) is 12.5 Å². The lowest BCUT2D eigenvalue weighted by Gasteiger charge is -2.36. The quantitative estimate of drug-likeness (QED) is 0.613. The van der Waals surface area contributed by atoms with Gasteiger partial charge in [0, 0.05) is 56.4 Å². The molecule has 0 radical (unpaired) electrons. The number of ether oxygens (including phenoxy) is 1. The van der Waals surface area contributed by atoms with Gasteiger partial charge in [0.25, 0.3) is 5.91 Å². The number of aromatic nitrogens is 1. The molecule has 2 saturated heterocycles. The number of amides is 1. The molecule has 4 rings (SSSR count). The summed E-state index contributed by atoms with van der Waals surface area (Å²) in [4.78, 5) is 24.2. The van der Waals surface area contributed by atoms with Gasteiger partial charge in [-0.25, -0.2) is 4.98 Å². The summed E-state index contributed by atoms with van der Waals surface area (Å²) < 4.78 is 5.33. The molecule has 2 aliphatic rings. The minimum absolute atomic E-state index is 0.0719. The van der Waals surface area contributed by atoms with Crippen molar-refractivity contribution in [2.24, 2.45) is 0 Å². The maximum absolute atomic E-state index is 12.9. The molecule has 1 aromatic heterocycles. The van der Waals surface area contributed by atoms with Crippen LogP contribution in [-0.4, -0.2) is 79.4 Å². The van der Waals surface area contributed by atoms with Crippen LogP contribution in [-0.2, 0) is 0 Å². The second kappa shape index (κ2) is 10.9. The first-order valence-electron chi connectivity index (χ1n) is 11.2. The van der Waals surface area contributed by atoms with Crippen molar-refractivity contribution in [3.63, 3.8) is 0 Å². The van der Waals surface area contributed by atoms with Crippen LogP contribution in [0.1, 0.15) is 29.6 Å². The smallest absolute Gasteiger partial charge is 0.255 e. The van der Waals surface area contributed by atoms with E-state index >= 15 is 0 Å². The Kier molecular flexibility index (Phi) is 7.70. The van der Waals surface area contributed by atoms with Crippen molar-refractivity contribution in [2.45, 2.75) is 24.3 Å². The molecule has 2 fully saturated rings. The van der Waals surface area contributed by atoms with Gasteiger partial charge in [0.2, 0.25) is 0 Å². The normalized spacial score (nSPS) is 17.6. The Morgan fingerprint density at radius 3 is 2.55 bits per heavy atom. The number of carbonyl (C=O) groups excluding carboxylic acids is 1. The second-order valence-electron chi connectivity index (χ2n) is 8.12. The zero-order valence-corrected chi connectivity index (χ0v) is 19.1. The Hall–Kier alpha value is -2.25. The third-order valence-corrected chi connectivity index (χ3v) is 7.00. The molecule has 0 N–H and O–H groups in total. The highest BCUT2D eigenvalue weighted by molar-refractivity contribution is 7.99. The predicted molar refractivity (Wildman–Crippen MR) is 126 cm³/mol. The first-order chi connectivity index (χ1) is 15.2. The van der Waals surface area contributed by atoms with Crippen LogP contribution in [0.3, 0.4) is 0 Å². The largest absolute Gasteiger partial charge is 0.497 e. The molecule has 0 atom stereocenters. The standard InChI is InChI=1S/C24H32N4O2S/c1-30-22-7-5-6-21(18-22)27-12-14-28(15-13-27)24(29)20-8-9-23(25-19-20)31-17-16-26-10-3-2-4-11-26/h5-9,18-19H,2-4,10-17H2,1H3. The summed E-state index contributed by atoms with van der Waals surface area (Å²) in [6, 6.07) is 12.0. The zero-order chi connectivity index (χ0) is 21.5. The topological polar surface area (TPSA) is 48.9 Å². The molecule has 1 aromatic carbocycles. The first-order valence-corrected chi connectivity index (χ1v) is 12.2. The summed E-state index contributed by atoms with van der Waals surface area (Å²) >= 11 is 1.78. The Morgan fingerprint density at radius 1 is 1.03 bits per heavy atom. The molecule has 0 saturated carbocycles. The Balaban J connectivity index is 1.24. The Morgan fingerprint density at radius 2 is 1.84 bits per heavy atom. The molecule has 3 heterocycles. The summed E-state index contributed by atoms with van der Waals surface area (Å²) in [7, 11) is 1.68. The van der Waals surface area contributed by atoms with Crippen LogP contribution < -0.4 is 9.64 Å². The van der Waals surface area contributed by atoms with E-state index in [1.165, 1.54) is 32.4 Å². The van der Waals surface area contributed by atoms with Gasteiger partial charge in [0.15, 0.2) is 0 Å². The van der Waals surface area contributed by atoms with Crippen molar-refractivity contribution in [1.82, 2.24) is 14.8 Å². The molecule has 0 bridgehead atoms. The summed E-state index contributed by atoms with van der Waals surface area (Å²) in [5.74, 6) is 1.98. The third kappa shape index (κ3) is 5.92.